The summed E-state index contributed by atoms with van der Waals surface area (Å²) in [5.41, 5.74) is 3.84. The van der Waals surface area contributed by atoms with Crippen molar-refractivity contribution < 1.29 is 9.59 Å². The zero-order valence-electron chi connectivity index (χ0n) is 14.6. The molecule has 0 radical (unpaired) electrons. The molecule has 27 heavy (non-hydrogen) atoms. The van der Waals surface area contributed by atoms with Crippen LogP contribution in [-0.2, 0) is 11.2 Å². The van der Waals surface area contributed by atoms with Crippen LogP contribution in [0.4, 0.5) is 0 Å². The van der Waals surface area contributed by atoms with Gasteiger partial charge in [0.05, 0.1) is 5.39 Å². The summed E-state index contributed by atoms with van der Waals surface area (Å²) in [6.45, 7) is 5.67. The van der Waals surface area contributed by atoms with E-state index in [9.17, 15) is 14.4 Å². The molecule has 1 aromatic carbocycles. The predicted molar refractivity (Wildman–Crippen MR) is 104 cm³/mol. The van der Waals surface area contributed by atoms with Gasteiger partial charge in [-0.1, -0.05) is 31.7 Å². The minimum Gasteiger partial charge on any atom is -0.299 e. The van der Waals surface area contributed by atoms with Gasteiger partial charge in [0.2, 0.25) is 0 Å². The van der Waals surface area contributed by atoms with E-state index in [-0.39, 0.29) is 18.0 Å². The Morgan fingerprint density at radius 2 is 2.00 bits per heavy atom. The second-order valence-electron chi connectivity index (χ2n) is 6.12. The lowest BCUT2D eigenvalue weighted by Crippen LogP contribution is -2.39. The van der Waals surface area contributed by atoms with Crippen molar-refractivity contribution in [2.24, 2.45) is 0 Å². The Labute approximate surface area is 158 Å². The molecule has 0 fully saturated rings. The van der Waals surface area contributed by atoms with Crippen LogP contribution < -0.4 is 11.0 Å². The predicted octanol–water partition coefficient (Wildman–Crippen LogP) is 2.22. The van der Waals surface area contributed by atoms with Crippen LogP contribution in [0.3, 0.4) is 0 Å². The van der Waals surface area contributed by atoms with E-state index in [1.807, 2.05) is 13.0 Å². The normalized spacial score (nSPS) is 13.3. The van der Waals surface area contributed by atoms with E-state index in [0.29, 0.717) is 27.0 Å². The molecule has 3 aromatic rings. The number of nitrogens with one attached hydrogen (secondary N) is 1. The monoisotopic (exact) mass is 380 g/mol. The van der Waals surface area contributed by atoms with Crippen LogP contribution >= 0.6 is 11.3 Å². The van der Waals surface area contributed by atoms with Crippen LogP contribution in [0.1, 0.15) is 27.7 Å². The van der Waals surface area contributed by atoms with Crippen molar-refractivity contribution in [2.75, 3.05) is 12.0 Å². The molecule has 2 amide bonds. The molecule has 1 N–H and O–H groups in total. The summed E-state index contributed by atoms with van der Waals surface area (Å²) in [6.07, 6.45) is 2.10. The van der Waals surface area contributed by atoms with Crippen molar-refractivity contribution in [3.63, 3.8) is 0 Å². The zero-order chi connectivity index (χ0) is 19.1. The van der Waals surface area contributed by atoms with E-state index in [1.165, 1.54) is 22.6 Å². The van der Waals surface area contributed by atoms with Gasteiger partial charge in [0.1, 0.15) is 17.7 Å². The quantitative estimate of drug-likeness (QED) is 0.752. The number of nitrogens with zero attached hydrogens (tertiary/aromatic N) is 3. The van der Waals surface area contributed by atoms with Crippen LogP contribution in [0.5, 0.6) is 0 Å². The number of carbonyl (C=O) groups excluding carboxylic acids is 2. The van der Waals surface area contributed by atoms with E-state index in [0.717, 1.165) is 16.0 Å². The number of hydrogen-bond donors (Lipinski definition) is 1. The highest BCUT2D eigenvalue weighted by Crippen LogP contribution is 2.30. The van der Waals surface area contributed by atoms with Crippen LogP contribution in [0.15, 0.2) is 48.0 Å². The highest BCUT2D eigenvalue weighted by molar-refractivity contribution is 7.18. The Morgan fingerprint density at radius 3 is 2.70 bits per heavy atom. The van der Waals surface area contributed by atoms with Crippen LogP contribution in [0.25, 0.3) is 15.9 Å². The average Bonchev–Trinajstić information content (AvgIpc) is 3.20. The summed E-state index contributed by atoms with van der Waals surface area (Å²) in [5.74, 6) is -0.788. The van der Waals surface area contributed by atoms with Gasteiger partial charge in [-0.2, -0.15) is 0 Å². The molecule has 7 nitrogen and oxygen atoms in total. The van der Waals surface area contributed by atoms with Crippen molar-refractivity contribution in [3.8, 4) is 0 Å². The second-order valence-corrected chi connectivity index (χ2v) is 7.24. The standard InChI is InChI=1S/C19H16N4O3S/c1-3-12-8-15-17(27-12)20-10-23(19(15)26)21-16(24)9-22-11(2)13-6-4-5-7-14(13)18(22)25/h4-8,10H,2-3,9H2,1H3,(H,21,24). The summed E-state index contributed by atoms with van der Waals surface area (Å²) in [5, 5.41) is 0.466. The molecular weight excluding hydrogens is 364 g/mol. The van der Waals surface area contributed by atoms with Gasteiger partial charge in [-0.15, -0.1) is 11.3 Å². The lowest BCUT2D eigenvalue weighted by atomic mass is 10.1. The third kappa shape index (κ3) is 2.83. The van der Waals surface area contributed by atoms with Crippen molar-refractivity contribution >= 4 is 39.1 Å². The Hall–Kier alpha value is -3.26. The van der Waals surface area contributed by atoms with Crippen LogP contribution in [0, 0.1) is 0 Å². The Bertz CT molecular complexity index is 1130. The van der Waals surface area contributed by atoms with E-state index < -0.39 is 5.91 Å². The fourth-order valence-electron chi connectivity index (χ4n) is 3.04. The first kappa shape index (κ1) is 17.2. The second kappa shape index (κ2) is 6.48. The van der Waals surface area contributed by atoms with Gasteiger partial charge >= 0.3 is 0 Å². The molecule has 0 atom stereocenters. The summed E-state index contributed by atoms with van der Waals surface area (Å²) in [6, 6.07) is 8.86. The van der Waals surface area contributed by atoms with Gasteiger partial charge in [0.25, 0.3) is 17.4 Å². The summed E-state index contributed by atoms with van der Waals surface area (Å²) < 4.78 is 1.05. The van der Waals surface area contributed by atoms with Crippen molar-refractivity contribution in [3.05, 3.63) is 69.6 Å². The van der Waals surface area contributed by atoms with Crippen molar-refractivity contribution in [1.29, 1.82) is 0 Å². The van der Waals surface area contributed by atoms with E-state index in [4.69, 9.17) is 0 Å². The molecule has 4 rings (SSSR count). The molecule has 8 heteroatoms. The minimum absolute atomic E-state index is 0.235. The number of rotatable bonds is 4. The third-order valence-corrected chi connectivity index (χ3v) is 5.63. The lowest BCUT2D eigenvalue weighted by Gasteiger charge is -2.17. The number of amides is 2. The van der Waals surface area contributed by atoms with Crippen LogP contribution in [0.2, 0.25) is 0 Å². The first-order valence-electron chi connectivity index (χ1n) is 8.39. The first-order valence-corrected chi connectivity index (χ1v) is 9.21. The van der Waals surface area contributed by atoms with E-state index in [1.54, 1.807) is 24.3 Å². The van der Waals surface area contributed by atoms with Gasteiger partial charge in [-0.25, -0.2) is 9.66 Å². The SMILES string of the molecule is C=C1c2ccccc2C(=O)N1CC(=O)Nn1cnc2sc(CC)cc2c1=O. The van der Waals surface area contributed by atoms with Crippen molar-refractivity contribution in [1.82, 2.24) is 14.6 Å². The third-order valence-electron chi connectivity index (χ3n) is 4.44. The Morgan fingerprint density at radius 1 is 1.26 bits per heavy atom. The molecular formula is C19H16N4O3S. The zero-order valence-corrected chi connectivity index (χ0v) is 15.4. The molecule has 136 valence electrons. The largest absolute Gasteiger partial charge is 0.299 e. The highest BCUT2D eigenvalue weighted by atomic mass is 32.1. The number of thiophene rings is 1. The fraction of sp³-hybridized carbons (Fsp3) is 0.158. The molecule has 0 spiro atoms. The Kier molecular flexibility index (Phi) is 4.12. The fourth-order valence-corrected chi connectivity index (χ4v) is 3.97. The summed E-state index contributed by atoms with van der Waals surface area (Å²) in [7, 11) is 0. The number of fused-ring (bicyclic) bond motifs is 2. The van der Waals surface area contributed by atoms with Gasteiger partial charge in [0.15, 0.2) is 0 Å². The molecule has 0 saturated heterocycles. The molecule has 1 aliphatic rings. The molecule has 3 heterocycles. The van der Waals surface area contributed by atoms with Gasteiger partial charge in [-0.3, -0.25) is 24.7 Å². The summed E-state index contributed by atoms with van der Waals surface area (Å²) >= 11 is 1.46. The minimum atomic E-state index is -0.508. The maximum absolute atomic E-state index is 12.6. The number of carbonyl (C=O) groups is 2. The molecule has 0 bridgehead atoms. The number of hydrogen-bond acceptors (Lipinski definition) is 5. The Balaban J connectivity index is 1.55. The van der Waals surface area contributed by atoms with Crippen LogP contribution in [-0.4, -0.2) is 32.9 Å². The van der Waals surface area contributed by atoms with Gasteiger partial charge in [-0.05, 0) is 18.6 Å². The maximum atomic E-state index is 12.6. The van der Waals surface area contributed by atoms with E-state index >= 15 is 0 Å². The molecule has 1 aliphatic heterocycles. The molecule has 0 saturated carbocycles. The maximum Gasteiger partial charge on any atom is 0.280 e. The first-order chi connectivity index (χ1) is 13.0. The number of benzene rings is 1. The van der Waals surface area contributed by atoms with Gasteiger partial charge < -0.3 is 0 Å². The topological polar surface area (TPSA) is 84.3 Å². The molecule has 0 aliphatic carbocycles. The number of aromatic nitrogens is 2. The number of aryl methyl sites for hydroxylation is 1. The van der Waals surface area contributed by atoms with Gasteiger partial charge in [0, 0.05) is 21.7 Å². The smallest absolute Gasteiger partial charge is 0.280 e. The highest BCUT2D eigenvalue weighted by Gasteiger charge is 2.31. The average molecular weight is 380 g/mol. The lowest BCUT2D eigenvalue weighted by molar-refractivity contribution is -0.117. The molecule has 2 aromatic heterocycles. The van der Waals surface area contributed by atoms with Crippen molar-refractivity contribution in [2.45, 2.75) is 13.3 Å². The molecule has 0 unspecified atom stereocenters. The summed E-state index contributed by atoms with van der Waals surface area (Å²) in [4.78, 5) is 44.7. The van der Waals surface area contributed by atoms with E-state index in [2.05, 4.69) is 17.0 Å².